The van der Waals surface area contributed by atoms with Crippen LogP contribution in [0.3, 0.4) is 0 Å². The first-order chi connectivity index (χ1) is 10.0. The minimum absolute atomic E-state index is 0.0534. The van der Waals surface area contributed by atoms with Crippen LogP contribution in [0.4, 0.5) is 0 Å². The van der Waals surface area contributed by atoms with Gasteiger partial charge in [0.15, 0.2) is 21.3 Å². The van der Waals surface area contributed by atoms with E-state index in [0.29, 0.717) is 24.5 Å². The summed E-state index contributed by atoms with van der Waals surface area (Å²) in [7, 11) is 0.279. The Labute approximate surface area is 126 Å². The molecule has 0 N–H and O–H groups in total. The molecule has 1 saturated heterocycles. The second-order valence-corrected chi connectivity index (χ2v) is 7.34. The third kappa shape index (κ3) is 3.65. The zero-order chi connectivity index (χ0) is 15.5. The van der Waals surface area contributed by atoms with E-state index >= 15 is 0 Å². The van der Waals surface area contributed by atoms with Crippen LogP contribution in [-0.2, 0) is 16.4 Å². The van der Waals surface area contributed by atoms with Gasteiger partial charge in [-0.15, -0.1) is 0 Å². The number of hydrogen-bond acceptors (Lipinski definition) is 6. The number of hydrogen-bond donors (Lipinski definition) is 0. The summed E-state index contributed by atoms with van der Waals surface area (Å²) in [5, 5.41) is 0. The maximum Gasteiger partial charge on any atom is 0.183 e. The van der Waals surface area contributed by atoms with Gasteiger partial charge in [0, 0.05) is 24.8 Å². The van der Waals surface area contributed by atoms with Gasteiger partial charge in [-0.2, -0.15) is 0 Å². The lowest BCUT2D eigenvalue weighted by Crippen LogP contribution is -2.35. The average Bonchev–Trinajstić information content (AvgIpc) is 2.84. The van der Waals surface area contributed by atoms with E-state index in [4.69, 9.17) is 9.47 Å². The molecule has 0 aliphatic carbocycles. The van der Waals surface area contributed by atoms with Gasteiger partial charge in [0.1, 0.15) is 5.69 Å². The lowest BCUT2D eigenvalue weighted by molar-refractivity contribution is 0.208. The molecule has 1 atom stereocenters. The molecule has 118 valence electrons. The Morgan fingerprint density at radius 3 is 2.67 bits per heavy atom. The van der Waals surface area contributed by atoms with Crippen molar-refractivity contribution in [2.45, 2.75) is 25.9 Å². The fraction of sp³-hybridized carbons (Fsp3) is 0.643. The molecule has 1 fully saturated rings. The Morgan fingerprint density at radius 2 is 2.14 bits per heavy atom. The van der Waals surface area contributed by atoms with Gasteiger partial charge in [0.2, 0.25) is 0 Å². The number of nitrogens with zero attached hydrogens (tertiary/aromatic N) is 2. The molecule has 2 rings (SSSR count). The number of rotatable bonds is 6. The van der Waals surface area contributed by atoms with E-state index in [2.05, 4.69) is 9.88 Å². The van der Waals surface area contributed by atoms with Crippen molar-refractivity contribution in [3.63, 3.8) is 0 Å². The fourth-order valence-corrected chi connectivity index (χ4v) is 4.48. The van der Waals surface area contributed by atoms with Crippen molar-refractivity contribution in [2.75, 3.05) is 32.3 Å². The second-order valence-electron chi connectivity index (χ2n) is 5.11. The number of pyridine rings is 1. The smallest absolute Gasteiger partial charge is 0.183 e. The van der Waals surface area contributed by atoms with E-state index in [0.717, 1.165) is 12.2 Å². The molecular formula is C14H22N2O4S. The summed E-state index contributed by atoms with van der Waals surface area (Å²) < 4.78 is 34.0. The normalized spacial score (nSPS) is 20.7. The Morgan fingerprint density at radius 1 is 1.38 bits per heavy atom. The van der Waals surface area contributed by atoms with E-state index in [1.807, 2.05) is 6.92 Å². The molecule has 0 aromatic carbocycles. The monoisotopic (exact) mass is 314 g/mol. The van der Waals surface area contributed by atoms with Crippen LogP contribution in [0, 0.1) is 0 Å². The summed E-state index contributed by atoms with van der Waals surface area (Å²) in [4.78, 5) is 6.49. The van der Waals surface area contributed by atoms with Gasteiger partial charge < -0.3 is 9.47 Å². The first kappa shape index (κ1) is 16.0. The molecule has 2 heterocycles. The Hall–Kier alpha value is -1.34. The van der Waals surface area contributed by atoms with E-state index in [-0.39, 0.29) is 17.5 Å². The van der Waals surface area contributed by atoms with Crippen molar-refractivity contribution in [2.24, 2.45) is 0 Å². The largest absolute Gasteiger partial charge is 0.493 e. The predicted molar refractivity (Wildman–Crippen MR) is 80.5 cm³/mol. The highest BCUT2D eigenvalue weighted by molar-refractivity contribution is 7.91. The molecule has 0 unspecified atom stereocenters. The zero-order valence-electron chi connectivity index (χ0n) is 12.7. The minimum atomic E-state index is -2.89. The van der Waals surface area contributed by atoms with Gasteiger partial charge in [0.05, 0.1) is 25.7 Å². The van der Waals surface area contributed by atoms with Crippen LogP contribution < -0.4 is 9.47 Å². The summed E-state index contributed by atoms with van der Waals surface area (Å²) >= 11 is 0. The van der Waals surface area contributed by atoms with E-state index in [9.17, 15) is 8.42 Å². The number of ether oxygens (including phenoxy) is 2. The van der Waals surface area contributed by atoms with Crippen LogP contribution in [0.25, 0.3) is 0 Å². The SMILES string of the molecule is CCN(Cc1nccc(OC)c1OC)[C@H]1CCS(=O)(=O)C1. The quantitative estimate of drug-likeness (QED) is 0.783. The molecule has 0 spiro atoms. The highest BCUT2D eigenvalue weighted by Gasteiger charge is 2.32. The lowest BCUT2D eigenvalue weighted by Gasteiger charge is -2.26. The Bertz CT molecular complexity index is 589. The van der Waals surface area contributed by atoms with E-state index in [1.54, 1.807) is 26.5 Å². The van der Waals surface area contributed by atoms with Gasteiger partial charge >= 0.3 is 0 Å². The molecule has 6 nitrogen and oxygen atoms in total. The molecule has 1 aromatic rings. The van der Waals surface area contributed by atoms with Crippen molar-refractivity contribution in [1.82, 2.24) is 9.88 Å². The second kappa shape index (κ2) is 6.62. The number of aromatic nitrogens is 1. The standard InChI is InChI=1S/C14H22N2O4S/c1-4-16(11-6-8-21(17,18)10-11)9-12-14(20-3)13(19-2)5-7-15-12/h5,7,11H,4,6,8-10H2,1-3H3/t11-/m0/s1. The van der Waals surface area contributed by atoms with Crippen LogP contribution >= 0.6 is 0 Å². The highest BCUT2D eigenvalue weighted by atomic mass is 32.2. The van der Waals surface area contributed by atoms with Gasteiger partial charge in [-0.05, 0) is 13.0 Å². The fourth-order valence-electron chi connectivity index (χ4n) is 2.72. The van der Waals surface area contributed by atoms with Crippen molar-refractivity contribution < 1.29 is 17.9 Å². The van der Waals surface area contributed by atoms with Crippen molar-refractivity contribution in [3.8, 4) is 11.5 Å². The van der Waals surface area contributed by atoms with E-state index < -0.39 is 9.84 Å². The summed E-state index contributed by atoms with van der Waals surface area (Å²) in [6, 6.07) is 1.80. The molecule has 0 saturated carbocycles. The highest BCUT2D eigenvalue weighted by Crippen LogP contribution is 2.30. The van der Waals surface area contributed by atoms with Crippen molar-refractivity contribution in [1.29, 1.82) is 0 Å². The first-order valence-electron chi connectivity index (χ1n) is 7.01. The first-order valence-corrected chi connectivity index (χ1v) is 8.83. The number of methoxy groups -OCH3 is 2. The maximum absolute atomic E-state index is 11.7. The van der Waals surface area contributed by atoms with Crippen LogP contribution in [0.15, 0.2) is 12.3 Å². The zero-order valence-corrected chi connectivity index (χ0v) is 13.5. The molecule has 1 aliphatic heterocycles. The van der Waals surface area contributed by atoms with Gasteiger partial charge in [-0.3, -0.25) is 9.88 Å². The number of sulfone groups is 1. The third-order valence-electron chi connectivity index (χ3n) is 3.85. The summed E-state index contributed by atoms with van der Waals surface area (Å²) in [5.74, 6) is 1.75. The summed E-state index contributed by atoms with van der Waals surface area (Å²) in [5.41, 5.74) is 0.767. The maximum atomic E-state index is 11.7. The molecule has 7 heteroatoms. The lowest BCUT2D eigenvalue weighted by atomic mass is 10.2. The van der Waals surface area contributed by atoms with Crippen molar-refractivity contribution in [3.05, 3.63) is 18.0 Å². The van der Waals surface area contributed by atoms with Crippen LogP contribution in [0.2, 0.25) is 0 Å². The minimum Gasteiger partial charge on any atom is -0.493 e. The summed E-state index contributed by atoms with van der Waals surface area (Å²) in [6.45, 7) is 3.34. The molecule has 0 bridgehead atoms. The van der Waals surface area contributed by atoms with Crippen LogP contribution in [0.1, 0.15) is 19.0 Å². The summed E-state index contributed by atoms with van der Waals surface area (Å²) in [6.07, 6.45) is 2.36. The van der Waals surface area contributed by atoms with Gasteiger partial charge in [0.25, 0.3) is 0 Å². The molecule has 1 aromatic heterocycles. The van der Waals surface area contributed by atoms with Crippen molar-refractivity contribution >= 4 is 9.84 Å². The molecule has 0 amide bonds. The molecular weight excluding hydrogens is 292 g/mol. The average molecular weight is 314 g/mol. The van der Waals surface area contributed by atoms with Crippen LogP contribution in [-0.4, -0.2) is 56.6 Å². The topological polar surface area (TPSA) is 68.7 Å². The van der Waals surface area contributed by atoms with Gasteiger partial charge in [-0.25, -0.2) is 8.42 Å². The molecule has 21 heavy (non-hydrogen) atoms. The van der Waals surface area contributed by atoms with Crippen LogP contribution in [0.5, 0.6) is 11.5 Å². The Balaban J connectivity index is 2.19. The molecule has 1 aliphatic rings. The predicted octanol–water partition coefficient (Wildman–Crippen LogP) is 1.11. The third-order valence-corrected chi connectivity index (χ3v) is 5.60. The van der Waals surface area contributed by atoms with E-state index in [1.165, 1.54) is 0 Å². The Kier molecular flexibility index (Phi) is 5.05. The van der Waals surface area contributed by atoms with Gasteiger partial charge in [-0.1, -0.05) is 6.92 Å². The molecule has 0 radical (unpaired) electrons.